The lowest BCUT2D eigenvalue weighted by molar-refractivity contribution is -0.133. The fourth-order valence-electron chi connectivity index (χ4n) is 4.68. The van der Waals surface area contributed by atoms with Crippen LogP contribution in [-0.4, -0.2) is 47.2 Å². The van der Waals surface area contributed by atoms with E-state index in [0.29, 0.717) is 19.4 Å². The van der Waals surface area contributed by atoms with Crippen LogP contribution in [0.3, 0.4) is 0 Å². The number of alkyl halides is 2. The minimum atomic E-state index is -3.07. The van der Waals surface area contributed by atoms with E-state index in [-0.39, 0.29) is 17.8 Å². The van der Waals surface area contributed by atoms with Crippen LogP contribution in [0.15, 0.2) is 48.5 Å². The molecule has 2 aromatic rings. The molecule has 0 bridgehead atoms. The van der Waals surface area contributed by atoms with E-state index in [0.717, 1.165) is 36.0 Å². The number of nitrogens with one attached hydrogen (secondary N) is 1. The minimum absolute atomic E-state index is 0.186. The second kappa shape index (κ2) is 9.40. The summed E-state index contributed by atoms with van der Waals surface area (Å²) in [6.07, 6.45) is 0.279. The van der Waals surface area contributed by atoms with Gasteiger partial charge < -0.3 is 10.4 Å². The molecule has 3 atom stereocenters. The van der Waals surface area contributed by atoms with E-state index in [9.17, 15) is 23.1 Å². The highest BCUT2D eigenvalue weighted by atomic mass is 19.3. The molecule has 0 radical (unpaired) electrons. The van der Waals surface area contributed by atoms with Crippen LogP contribution in [0.5, 0.6) is 0 Å². The molecule has 4 rings (SSSR count). The zero-order valence-corrected chi connectivity index (χ0v) is 17.2. The molecule has 2 aromatic carbocycles. The number of carbonyl (C=O) groups is 1. The fourth-order valence-corrected chi connectivity index (χ4v) is 4.68. The van der Waals surface area contributed by atoms with Gasteiger partial charge in [0, 0.05) is 18.6 Å². The molecule has 0 aromatic heterocycles. The molecule has 3 unspecified atom stereocenters. The van der Waals surface area contributed by atoms with Crippen molar-refractivity contribution in [1.82, 2.24) is 10.2 Å². The first-order valence-electron chi connectivity index (χ1n) is 10.8. The normalized spacial score (nSPS) is 23.0. The highest BCUT2D eigenvalue weighted by molar-refractivity contribution is 5.79. The third-order valence-corrected chi connectivity index (χ3v) is 6.56. The summed E-state index contributed by atoms with van der Waals surface area (Å²) >= 11 is 0. The molecule has 1 aliphatic carbocycles. The van der Waals surface area contributed by atoms with Crippen LogP contribution in [0, 0.1) is 11.7 Å². The topological polar surface area (TPSA) is 52.6 Å². The lowest BCUT2D eigenvalue weighted by Gasteiger charge is -2.39. The Bertz CT molecular complexity index is 919. The molecular formula is C24H27F3N2O2. The van der Waals surface area contributed by atoms with Gasteiger partial charge in [-0.15, -0.1) is 0 Å². The van der Waals surface area contributed by atoms with E-state index >= 15 is 0 Å². The summed E-state index contributed by atoms with van der Waals surface area (Å²) in [6, 6.07) is 13.2. The molecule has 0 spiro atoms. The smallest absolute Gasteiger partial charge is 0.315 e. The van der Waals surface area contributed by atoms with Gasteiger partial charge >= 0.3 is 6.43 Å². The number of carbonyl (C=O) groups excluding carboxylic acids is 1. The summed E-state index contributed by atoms with van der Waals surface area (Å²) in [4.78, 5) is 13.6. The summed E-state index contributed by atoms with van der Waals surface area (Å²) in [5.74, 6) is -1.41. The number of benzene rings is 2. The van der Waals surface area contributed by atoms with Crippen LogP contribution in [-0.2, 0) is 11.2 Å². The van der Waals surface area contributed by atoms with Crippen molar-refractivity contribution in [3.63, 3.8) is 0 Å². The number of rotatable bonds is 7. The largest absolute Gasteiger partial charge is 0.378 e. The van der Waals surface area contributed by atoms with E-state index in [1.54, 1.807) is 6.07 Å². The van der Waals surface area contributed by atoms with E-state index in [1.165, 1.54) is 12.1 Å². The summed E-state index contributed by atoms with van der Waals surface area (Å²) < 4.78 is 39.3. The maximum Gasteiger partial charge on any atom is 0.315 e. The molecule has 4 nitrogen and oxygen atoms in total. The van der Waals surface area contributed by atoms with Gasteiger partial charge in [0.15, 0.2) is 0 Å². The molecule has 1 amide bonds. The average Bonchev–Trinajstić information content (AvgIpc) is 3.09. The molecule has 166 valence electrons. The number of amides is 1. The minimum Gasteiger partial charge on any atom is -0.378 e. The number of aliphatic hydroxyl groups is 1. The number of hydrogen-bond donors (Lipinski definition) is 2. The van der Waals surface area contributed by atoms with Crippen molar-refractivity contribution >= 4 is 5.91 Å². The van der Waals surface area contributed by atoms with Crippen molar-refractivity contribution in [1.29, 1.82) is 0 Å². The standard InChI is InChI=1S/C24H27F3N2O2/c25-19-9-3-8-18(14-19)17-7-1-4-15(12-17)13-21-20(28-23(30)22(26)27)10-11-29(21)24(31)16-5-2-6-16/h1,3-4,7-9,12,14,16,20-22,24,31H,2,5-6,10-11,13H2,(H,28,30). The van der Waals surface area contributed by atoms with E-state index < -0.39 is 24.6 Å². The van der Waals surface area contributed by atoms with E-state index in [2.05, 4.69) is 5.32 Å². The molecule has 1 saturated carbocycles. The van der Waals surface area contributed by atoms with Gasteiger partial charge in [0.25, 0.3) is 5.91 Å². The molecule has 2 aliphatic rings. The van der Waals surface area contributed by atoms with E-state index in [4.69, 9.17) is 0 Å². The maximum atomic E-state index is 13.6. The first-order valence-corrected chi connectivity index (χ1v) is 10.8. The van der Waals surface area contributed by atoms with Gasteiger partial charge in [-0.05, 0) is 60.4 Å². The van der Waals surface area contributed by atoms with Crippen molar-refractivity contribution < 1.29 is 23.1 Å². The molecular weight excluding hydrogens is 405 g/mol. The van der Waals surface area contributed by atoms with Crippen LogP contribution >= 0.6 is 0 Å². The zero-order valence-electron chi connectivity index (χ0n) is 17.2. The van der Waals surface area contributed by atoms with Crippen LogP contribution < -0.4 is 5.32 Å². The lowest BCUT2D eigenvalue weighted by atomic mass is 9.83. The Morgan fingerprint density at radius 2 is 1.81 bits per heavy atom. The van der Waals surface area contributed by atoms with Crippen LogP contribution in [0.25, 0.3) is 11.1 Å². The van der Waals surface area contributed by atoms with Crippen molar-refractivity contribution in [2.24, 2.45) is 5.92 Å². The van der Waals surface area contributed by atoms with Gasteiger partial charge in [0.1, 0.15) is 12.0 Å². The van der Waals surface area contributed by atoms with Crippen molar-refractivity contribution in [2.75, 3.05) is 6.54 Å². The maximum absolute atomic E-state index is 13.6. The van der Waals surface area contributed by atoms with Crippen molar-refractivity contribution in [2.45, 2.75) is 56.8 Å². The Kier molecular flexibility index (Phi) is 6.62. The zero-order chi connectivity index (χ0) is 22.0. The van der Waals surface area contributed by atoms with Crippen molar-refractivity contribution in [3.05, 3.63) is 59.9 Å². The Morgan fingerprint density at radius 3 is 2.45 bits per heavy atom. The van der Waals surface area contributed by atoms with Crippen LogP contribution in [0.1, 0.15) is 31.2 Å². The monoisotopic (exact) mass is 432 g/mol. The summed E-state index contributed by atoms with van der Waals surface area (Å²) in [5.41, 5.74) is 2.55. The molecule has 31 heavy (non-hydrogen) atoms. The Hall–Kier alpha value is -2.38. The molecule has 1 saturated heterocycles. The molecule has 7 heteroatoms. The summed E-state index contributed by atoms with van der Waals surface area (Å²) in [6.45, 7) is 0.542. The van der Waals surface area contributed by atoms with Gasteiger partial charge in [-0.1, -0.05) is 42.8 Å². The highest BCUT2D eigenvalue weighted by Gasteiger charge is 2.42. The third kappa shape index (κ3) is 4.93. The third-order valence-electron chi connectivity index (χ3n) is 6.56. The van der Waals surface area contributed by atoms with Gasteiger partial charge in [-0.3, -0.25) is 9.69 Å². The SMILES string of the molecule is O=C(NC1CCN(C(O)C2CCC2)C1Cc1cccc(-c2cccc(F)c2)c1)C(F)F. The van der Waals surface area contributed by atoms with Gasteiger partial charge in [-0.2, -0.15) is 8.78 Å². The van der Waals surface area contributed by atoms with Gasteiger partial charge in [-0.25, -0.2) is 4.39 Å². The average molecular weight is 432 g/mol. The Labute approximate surface area is 180 Å². The lowest BCUT2D eigenvalue weighted by Crippen LogP contribution is -2.52. The summed E-state index contributed by atoms with van der Waals surface area (Å²) in [5, 5.41) is 13.3. The predicted molar refractivity (Wildman–Crippen MR) is 112 cm³/mol. The number of nitrogens with zero attached hydrogens (tertiary/aromatic N) is 1. The van der Waals surface area contributed by atoms with Crippen LogP contribution in [0.4, 0.5) is 13.2 Å². The second-order valence-corrected chi connectivity index (χ2v) is 8.53. The Balaban J connectivity index is 1.56. The fraction of sp³-hybridized carbons (Fsp3) is 0.458. The molecule has 1 heterocycles. The van der Waals surface area contributed by atoms with Crippen molar-refractivity contribution in [3.8, 4) is 11.1 Å². The number of halogens is 3. The quantitative estimate of drug-likeness (QED) is 0.696. The van der Waals surface area contributed by atoms with E-state index in [1.807, 2.05) is 35.2 Å². The Morgan fingerprint density at radius 1 is 1.10 bits per heavy atom. The highest BCUT2D eigenvalue weighted by Crippen LogP contribution is 2.35. The summed E-state index contributed by atoms with van der Waals surface area (Å²) in [7, 11) is 0. The first-order chi connectivity index (χ1) is 14.9. The predicted octanol–water partition coefficient (Wildman–Crippen LogP) is 3.98. The molecule has 2 fully saturated rings. The molecule has 1 aliphatic heterocycles. The second-order valence-electron chi connectivity index (χ2n) is 8.53. The molecule has 2 N–H and O–H groups in total. The first kappa shape index (κ1) is 21.8. The number of likely N-dealkylation sites (tertiary alicyclic amines) is 1. The number of aliphatic hydroxyl groups excluding tert-OH is 1. The van der Waals surface area contributed by atoms with Gasteiger partial charge in [0.05, 0.1) is 0 Å². The van der Waals surface area contributed by atoms with Crippen LogP contribution in [0.2, 0.25) is 0 Å². The van der Waals surface area contributed by atoms with Gasteiger partial charge in [0.2, 0.25) is 0 Å². The number of hydrogen-bond acceptors (Lipinski definition) is 3.